The molecule has 2 rings (SSSR count). The van der Waals surface area contributed by atoms with Crippen LogP contribution in [0.3, 0.4) is 0 Å². The normalized spacial score (nSPS) is 15.0. The highest BCUT2D eigenvalue weighted by Gasteiger charge is 2.23. The Morgan fingerprint density at radius 1 is 1.30 bits per heavy atom. The molecule has 1 aromatic carbocycles. The summed E-state index contributed by atoms with van der Waals surface area (Å²) in [5.74, 6) is 1.37. The molecule has 150 valence electrons. The van der Waals surface area contributed by atoms with Gasteiger partial charge < -0.3 is 15.5 Å². The summed E-state index contributed by atoms with van der Waals surface area (Å²) in [5, 5.41) is 16.7. The van der Waals surface area contributed by atoms with Gasteiger partial charge >= 0.3 is 0 Å². The van der Waals surface area contributed by atoms with E-state index in [1.807, 2.05) is 6.92 Å². The van der Waals surface area contributed by atoms with Crippen molar-refractivity contribution < 1.29 is 9.72 Å². The van der Waals surface area contributed by atoms with E-state index in [9.17, 15) is 14.9 Å². The van der Waals surface area contributed by atoms with Crippen LogP contribution in [-0.2, 0) is 11.3 Å². The molecule has 0 unspecified atom stereocenters. The number of halogens is 1. The van der Waals surface area contributed by atoms with Crippen molar-refractivity contribution in [1.29, 1.82) is 0 Å². The zero-order valence-corrected chi connectivity index (χ0v) is 18.1. The minimum Gasteiger partial charge on any atom is -0.359 e. The number of benzene rings is 1. The lowest BCUT2D eigenvalue weighted by Crippen LogP contribution is -2.46. The van der Waals surface area contributed by atoms with E-state index in [1.54, 1.807) is 19.2 Å². The van der Waals surface area contributed by atoms with Crippen LogP contribution >= 0.6 is 24.0 Å². The SMILES string of the molecule is CCNC(=NCc1ccc([N+](=O)[O-])cc1)N1CCC(CC(=O)NC)CC1.I. The van der Waals surface area contributed by atoms with Crippen LogP contribution in [0.5, 0.6) is 0 Å². The Labute approximate surface area is 177 Å². The summed E-state index contributed by atoms with van der Waals surface area (Å²) in [6.07, 6.45) is 2.52. The molecular weight excluding hydrogens is 461 g/mol. The van der Waals surface area contributed by atoms with Gasteiger partial charge in [0.2, 0.25) is 5.91 Å². The third kappa shape index (κ3) is 7.31. The molecule has 0 radical (unpaired) electrons. The van der Waals surface area contributed by atoms with Gasteiger partial charge in [-0.2, -0.15) is 0 Å². The lowest BCUT2D eigenvalue weighted by Gasteiger charge is -2.34. The number of nitro benzene ring substituents is 1. The molecule has 1 heterocycles. The molecule has 0 aliphatic carbocycles. The quantitative estimate of drug-likeness (QED) is 0.210. The van der Waals surface area contributed by atoms with Crippen LogP contribution < -0.4 is 10.6 Å². The Morgan fingerprint density at radius 3 is 2.44 bits per heavy atom. The Balaban J connectivity index is 0.00000364. The molecule has 0 saturated carbocycles. The zero-order chi connectivity index (χ0) is 18.9. The van der Waals surface area contributed by atoms with Crippen molar-refractivity contribution in [3.8, 4) is 0 Å². The molecule has 0 spiro atoms. The number of nitrogens with one attached hydrogen (secondary N) is 2. The number of likely N-dealkylation sites (tertiary alicyclic amines) is 1. The van der Waals surface area contributed by atoms with Crippen molar-refractivity contribution >= 4 is 41.5 Å². The van der Waals surface area contributed by atoms with Gasteiger partial charge in [0.1, 0.15) is 0 Å². The smallest absolute Gasteiger partial charge is 0.269 e. The van der Waals surface area contributed by atoms with Crippen molar-refractivity contribution in [2.75, 3.05) is 26.7 Å². The number of carbonyl (C=O) groups excluding carboxylic acids is 1. The fraction of sp³-hybridized carbons (Fsp3) is 0.556. The summed E-state index contributed by atoms with van der Waals surface area (Å²) in [5.41, 5.74) is 1.02. The second kappa shape index (κ2) is 11.7. The minimum atomic E-state index is -0.403. The Kier molecular flexibility index (Phi) is 10.0. The van der Waals surface area contributed by atoms with E-state index in [-0.39, 0.29) is 35.6 Å². The molecule has 0 bridgehead atoms. The molecule has 0 atom stereocenters. The molecule has 1 saturated heterocycles. The number of hydrogen-bond donors (Lipinski definition) is 2. The number of nitrogens with zero attached hydrogens (tertiary/aromatic N) is 3. The summed E-state index contributed by atoms with van der Waals surface area (Å²) in [7, 11) is 1.67. The predicted molar refractivity (Wildman–Crippen MR) is 116 cm³/mol. The zero-order valence-electron chi connectivity index (χ0n) is 15.8. The Morgan fingerprint density at radius 2 is 1.93 bits per heavy atom. The maximum absolute atomic E-state index is 11.5. The van der Waals surface area contributed by atoms with Gasteiger partial charge in [-0.25, -0.2) is 4.99 Å². The Hall–Kier alpha value is -1.91. The number of aliphatic imine (C=N–C) groups is 1. The van der Waals surface area contributed by atoms with Crippen LogP contribution in [0.4, 0.5) is 5.69 Å². The number of piperidine rings is 1. The van der Waals surface area contributed by atoms with Gasteiger partial charge in [-0.15, -0.1) is 24.0 Å². The van der Waals surface area contributed by atoms with Crippen molar-refractivity contribution in [3.63, 3.8) is 0 Å². The van der Waals surface area contributed by atoms with Crippen LogP contribution in [0.25, 0.3) is 0 Å². The van der Waals surface area contributed by atoms with Crippen molar-refractivity contribution in [2.24, 2.45) is 10.9 Å². The number of guanidine groups is 1. The summed E-state index contributed by atoms with van der Waals surface area (Å²) < 4.78 is 0. The third-order valence-corrected chi connectivity index (χ3v) is 4.56. The molecule has 1 aromatic rings. The standard InChI is InChI=1S/C18H27N5O3.HI/c1-3-20-18(21-13-15-4-6-16(7-5-15)23(25)26)22-10-8-14(9-11-22)12-17(24)19-2;/h4-7,14H,3,8-13H2,1-2H3,(H,19,24)(H,20,21);1H. The van der Waals surface area contributed by atoms with E-state index < -0.39 is 4.92 Å². The number of non-ortho nitro benzene ring substituents is 1. The molecule has 1 aliphatic rings. The van der Waals surface area contributed by atoms with E-state index in [0.717, 1.165) is 44.0 Å². The van der Waals surface area contributed by atoms with E-state index in [1.165, 1.54) is 12.1 Å². The van der Waals surface area contributed by atoms with E-state index in [0.29, 0.717) is 18.9 Å². The highest BCUT2D eigenvalue weighted by atomic mass is 127. The average molecular weight is 489 g/mol. The maximum atomic E-state index is 11.5. The van der Waals surface area contributed by atoms with Crippen molar-refractivity contribution in [3.05, 3.63) is 39.9 Å². The summed E-state index contributed by atoms with van der Waals surface area (Å²) in [4.78, 5) is 28.7. The van der Waals surface area contributed by atoms with Gasteiger partial charge in [0.05, 0.1) is 11.5 Å². The van der Waals surface area contributed by atoms with Crippen LogP contribution in [0, 0.1) is 16.0 Å². The first kappa shape index (κ1) is 23.1. The lowest BCUT2D eigenvalue weighted by molar-refractivity contribution is -0.384. The van der Waals surface area contributed by atoms with E-state index >= 15 is 0 Å². The minimum absolute atomic E-state index is 0. The van der Waals surface area contributed by atoms with Crippen LogP contribution in [-0.4, -0.2) is 48.4 Å². The maximum Gasteiger partial charge on any atom is 0.269 e. The van der Waals surface area contributed by atoms with Crippen LogP contribution in [0.15, 0.2) is 29.3 Å². The molecule has 1 fully saturated rings. The molecule has 27 heavy (non-hydrogen) atoms. The first-order chi connectivity index (χ1) is 12.5. The first-order valence-corrected chi connectivity index (χ1v) is 9.00. The van der Waals surface area contributed by atoms with Gasteiger partial charge in [0, 0.05) is 45.2 Å². The highest BCUT2D eigenvalue weighted by molar-refractivity contribution is 14.0. The second-order valence-electron chi connectivity index (χ2n) is 6.40. The molecule has 8 nitrogen and oxygen atoms in total. The van der Waals surface area contributed by atoms with Gasteiger partial charge in [0.25, 0.3) is 5.69 Å². The van der Waals surface area contributed by atoms with Gasteiger partial charge in [-0.05, 0) is 31.2 Å². The number of carbonyl (C=O) groups is 1. The van der Waals surface area contributed by atoms with Crippen LogP contribution in [0.2, 0.25) is 0 Å². The molecule has 0 aromatic heterocycles. The van der Waals surface area contributed by atoms with E-state index in [4.69, 9.17) is 0 Å². The van der Waals surface area contributed by atoms with Gasteiger partial charge in [-0.3, -0.25) is 14.9 Å². The molecule has 1 aliphatic heterocycles. The van der Waals surface area contributed by atoms with Crippen LogP contribution in [0.1, 0.15) is 31.7 Å². The number of nitro groups is 1. The van der Waals surface area contributed by atoms with Gasteiger partial charge in [-0.1, -0.05) is 12.1 Å². The fourth-order valence-electron chi connectivity index (χ4n) is 3.03. The third-order valence-electron chi connectivity index (χ3n) is 4.56. The predicted octanol–water partition coefficient (Wildman–Crippen LogP) is 2.53. The topological polar surface area (TPSA) is 99.9 Å². The summed E-state index contributed by atoms with van der Waals surface area (Å²) in [6.45, 7) is 5.01. The fourth-order valence-corrected chi connectivity index (χ4v) is 3.03. The molecule has 2 N–H and O–H groups in total. The van der Waals surface area contributed by atoms with E-state index in [2.05, 4.69) is 20.5 Å². The number of rotatable bonds is 6. The monoisotopic (exact) mass is 489 g/mol. The highest BCUT2D eigenvalue weighted by Crippen LogP contribution is 2.20. The molecular formula is C18H28IN5O3. The number of amides is 1. The molecule has 1 amide bonds. The first-order valence-electron chi connectivity index (χ1n) is 9.00. The lowest BCUT2D eigenvalue weighted by atomic mass is 9.93. The largest absolute Gasteiger partial charge is 0.359 e. The summed E-state index contributed by atoms with van der Waals surface area (Å²) >= 11 is 0. The van der Waals surface area contributed by atoms with Crippen molar-refractivity contribution in [1.82, 2.24) is 15.5 Å². The average Bonchev–Trinajstić information content (AvgIpc) is 2.66. The second-order valence-corrected chi connectivity index (χ2v) is 6.40. The summed E-state index contributed by atoms with van der Waals surface area (Å²) in [6, 6.07) is 6.48. The van der Waals surface area contributed by atoms with Gasteiger partial charge in [0.15, 0.2) is 5.96 Å². The number of hydrogen-bond acceptors (Lipinski definition) is 4. The Bertz CT molecular complexity index is 643. The van der Waals surface area contributed by atoms with Crippen molar-refractivity contribution in [2.45, 2.75) is 32.7 Å². The molecule has 9 heteroatoms.